The second-order valence-corrected chi connectivity index (χ2v) is 8.46. The number of aryl methyl sites for hydroxylation is 1. The van der Waals surface area contributed by atoms with Crippen molar-refractivity contribution in [3.8, 4) is 0 Å². The van der Waals surface area contributed by atoms with Gasteiger partial charge in [-0.25, -0.2) is 13.1 Å². The van der Waals surface area contributed by atoms with Gasteiger partial charge in [0.2, 0.25) is 15.9 Å². The smallest absolute Gasteiger partial charge is 0.240 e. The van der Waals surface area contributed by atoms with Crippen LogP contribution in [-0.2, 0) is 21.4 Å². The topological polar surface area (TPSA) is 82.9 Å². The number of rotatable bonds is 7. The second kappa shape index (κ2) is 8.69. The number of carbonyl (C=O) groups excluding carboxylic acids is 1. The first-order valence-corrected chi connectivity index (χ1v) is 10.5. The highest BCUT2D eigenvalue weighted by Gasteiger charge is 2.22. The molecule has 0 aliphatic carbocycles. The standard InChI is InChI=1S/C19H25N3O4S/c1-16-4-6-18(7-5-16)27(24,25)20-9-8-19(23)22-12-10-21(11-13-22)15-17-3-2-14-26-17/h2-7,14,20H,8-13,15H2,1H3. The van der Waals surface area contributed by atoms with E-state index >= 15 is 0 Å². The molecule has 1 aliphatic rings. The Kier molecular flexibility index (Phi) is 6.30. The van der Waals surface area contributed by atoms with Crippen LogP contribution < -0.4 is 4.72 Å². The average Bonchev–Trinajstić information content (AvgIpc) is 3.15. The molecule has 1 aliphatic heterocycles. The van der Waals surface area contributed by atoms with E-state index in [1.165, 1.54) is 0 Å². The first-order chi connectivity index (χ1) is 12.9. The van der Waals surface area contributed by atoms with E-state index in [4.69, 9.17) is 4.42 Å². The zero-order valence-electron chi connectivity index (χ0n) is 15.4. The minimum atomic E-state index is -3.58. The second-order valence-electron chi connectivity index (χ2n) is 6.70. The van der Waals surface area contributed by atoms with Crippen LogP contribution in [0.25, 0.3) is 0 Å². The lowest BCUT2D eigenvalue weighted by molar-refractivity contribution is -0.132. The number of carbonyl (C=O) groups is 1. The Labute approximate surface area is 160 Å². The summed E-state index contributed by atoms with van der Waals surface area (Å²) in [4.78, 5) is 16.6. The fourth-order valence-corrected chi connectivity index (χ4v) is 4.06. The summed E-state index contributed by atoms with van der Waals surface area (Å²) in [6.45, 7) is 5.58. The summed E-state index contributed by atoms with van der Waals surface area (Å²) in [6.07, 6.45) is 1.82. The maximum atomic E-state index is 12.3. The molecule has 0 spiro atoms. The van der Waals surface area contributed by atoms with E-state index in [1.807, 2.05) is 19.1 Å². The van der Waals surface area contributed by atoms with E-state index in [2.05, 4.69) is 9.62 Å². The zero-order valence-corrected chi connectivity index (χ0v) is 16.2. The van der Waals surface area contributed by atoms with Crippen molar-refractivity contribution in [2.75, 3.05) is 32.7 Å². The molecule has 27 heavy (non-hydrogen) atoms. The molecule has 2 aromatic rings. The average molecular weight is 391 g/mol. The van der Waals surface area contributed by atoms with Gasteiger partial charge in [-0.2, -0.15) is 0 Å². The van der Waals surface area contributed by atoms with Crippen LogP contribution in [0.2, 0.25) is 0 Å². The monoisotopic (exact) mass is 391 g/mol. The summed E-state index contributed by atoms with van der Waals surface area (Å²) in [7, 11) is -3.58. The maximum Gasteiger partial charge on any atom is 0.240 e. The van der Waals surface area contributed by atoms with Crippen molar-refractivity contribution >= 4 is 15.9 Å². The summed E-state index contributed by atoms with van der Waals surface area (Å²) in [6, 6.07) is 10.4. The van der Waals surface area contributed by atoms with Gasteiger partial charge in [0.05, 0.1) is 17.7 Å². The molecule has 1 aromatic carbocycles. The molecule has 1 fully saturated rings. The van der Waals surface area contributed by atoms with Gasteiger partial charge in [0, 0.05) is 39.1 Å². The molecular formula is C19H25N3O4S. The number of furan rings is 1. The Balaban J connectivity index is 1.41. The van der Waals surface area contributed by atoms with Crippen molar-refractivity contribution in [3.05, 3.63) is 54.0 Å². The highest BCUT2D eigenvalue weighted by atomic mass is 32.2. The summed E-state index contributed by atoms with van der Waals surface area (Å²) in [5.41, 5.74) is 0.996. The molecule has 8 heteroatoms. The lowest BCUT2D eigenvalue weighted by atomic mass is 10.2. The van der Waals surface area contributed by atoms with Gasteiger partial charge in [-0.15, -0.1) is 0 Å². The number of sulfonamides is 1. The van der Waals surface area contributed by atoms with Gasteiger partial charge in [0.1, 0.15) is 5.76 Å². The van der Waals surface area contributed by atoms with E-state index < -0.39 is 10.0 Å². The van der Waals surface area contributed by atoms with Crippen LogP contribution >= 0.6 is 0 Å². The Morgan fingerprint density at radius 3 is 2.44 bits per heavy atom. The molecule has 7 nitrogen and oxygen atoms in total. The molecule has 0 radical (unpaired) electrons. The number of hydrogen-bond donors (Lipinski definition) is 1. The number of piperazine rings is 1. The third-order valence-corrected chi connectivity index (χ3v) is 6.12. The number of amides is 1. The van der Waals surface area contributed by atoms with Gasteiger partial charge in [-0.05, 0) is 31.2 Å². The number of nitrogens with zero attached hydrogens (tertiary/aromatic N) is 2. The normalized spacial score (nSPS) is 15.8. The number of benzene rings is 1. The quantitative estimate of drug-likeness (QED) is 0.775. The molecule has 146 valence electrons. The van der Waals surface area contributed by atoms with Gasteiger partial charge in [0.15, 0.2) is 0 Å². The first-order valence-electron chi connectivity index (χ1n) is 9.03. The van der Waals surface area contributed by atoms with Gasteiger partial charge in [0.25, 0.3) is 0 Å². The Hall–Kier alpha value is -2.16. The molecule has 1 aromatic heterocycles. The highest BCUT2D eigenvalue weighted by molar-refractivity contribution is 7.89. The molecule has 0 unspecified atom stereocenters. The first kappa shape index (κ1) is 19.6. The summed E-state index contributed by atoms with van der Waals surface area (Å²) >= 11 is 0. The van der Waals surface area contributed by atoms with Gasteiger partial charge < -0.3 is 9.32 Å². The van der Waals surface area contributed by atoms with Crippen LogP contribution in [0.3, 0.4) is 0 Å². The van der Waals surface area contributed by atoms with Crippen LogP contribution in [0.15, 0.2) is 52.0 Å². The van der Waals surface area contributed by atoms with Gasteiger partial charge in [-0.1, -0.05) is 17.7 Å². The summed E-state index contributed by atoms with van der Waals surface area (Å²) in [5.74, 6) is 0.888. The summed E-state index contributed by atoms with van der Waals surface area (Å²) < 4.78 is 32.3. The van der Waals surface area contributed by atoms with Gasteiger partial charge >= 0.3 is 0 Å². The lowest BCUT2D eigenvalue weighted by Gasteiger charge is -2.34. The van der Waals surface area contributed by atoms with Crippen molar-refractivity contribution in [3.63, 3.8) is 0 Å². The lowest BCUT2D eigenvalue weighted by Crippen LogP contribution is -2.48. The van der Waals surface area contributed by atoms with Crippen LogP contribution in [-0.4, -0.2) is 56.8 Å². The van der Waals surface area contributed by atoms with Crippen LogP contribution in [0, 0.1) is 6.92 Å². The molecule has 2 heterocycles. The minimum absolute atomic E-state index is 0.0285. The molecule has 3 rings (SSSR count). The Morgan fingerprint density at radius 2 is 1.81 bits per heavy atom. The van der Waals surface area contributed by atoms with E-state index in [1.54, 1.807) is 35.4 Å². The molecule has 0 bridgehead atoms. The molecule has 0 saturated carbocycles. The molecular weight excluding hydrogens is 366 g/mol. The summed E-state index contributed by atoms with van der Waals surface area (Å²) in [5, 5.41) is 0. The fraction of sp³-hybridized carbons (Fsp3) is 0.421. The third kappa shape index (κ3) is 5.41. The largest absolute Gasteiger partial charge is 0.468 e. The Bertz CT molecular complexity index is 840. The SMILES string of the molecule is Cc1ccc(S(=O)(=O)NCCC(=O)N2CCN(Cc3ccco3)CC2)cc1. The minimum Gasteiger partial charge on any atom is -0.468 e. The number of nitrogens with one attached hydrogen (secondary N) is 1. The maximum absolute atomic E-state index is 12.3. The Morgan fingerprint density at radius 1 is 1.11 bits per heavy atom. The molecule has 1 N–H and O–H groups in total. The van der Waals surface area contributed by atoms with Crippen molar-refractivity contribution in [2.24, 2.45) is 0 Å². The van der Waals surface area contributed by atoms with Crippen LogP contribution in [0.4, 0.5) is 0 Å². The molecule has 1 amide bonds. The molecule has 0 atom stereocenters. The van der Waals surface area contributed by atoms with E-state index in [-0.39, 0.29) is 23.8 Å². The highest BCUT2D eigenvalue weighted by Crippen LogP contribution is 2.11. The van der Waals surface area contributed by atoms with E-state index in [0.29, 0.717) is 13.1 Å². The van der Waals surface area contributed by atoms with Crippen LogP contribution in [0.1, 0.15) is 17.7 Å². The predicted octanol–water partition coefficient (Wildman–Crippen LogP) is 1.60. The van der Waals surface area contributed by atoms with Crippen molar-refractivity contribution < 1.29 is 17.6 Å². The number of hydrogen-bond acceptors (Lipinski definition) is 5. The molecule has 1 saturated heterocycles. The van der Waals surface area contributed by atoms with E-state index in [9.17, 15) is 13.2 Å². The fourth-order valence-electron chi connectivity index (χ4n) is 3.03. The van der Waals surface area contributed by atoms with Gasteiger partial charge in [-0.3, -0.25) is 9.69 Å². The van der Waals surface area contributed by atoms with Crippen molar-refractivity contribution in [2.45, 2.75) is 24.8 Å². The third-order valence-electron chi connectivity index (χ3n) is 4.65. The van der Waals surface area contributed by atoms with Crippen molar-refractivity contribution in [1.29, 1.82) is 0 Å². The van der Waals surface area contributed by atoms with Crippen molar-refractivity contribution in [1.82, 2.24) is 14.5 Å². The van der Waals surface area contributed by atoms with Crippen LogP contribution in [0.5, 0.6) is 0 Å². The van der Waals surface area contributed by atoms with E-state index in [0.717, 1.165) is 31.0 Å². The zero-order chi connectivity index (χ0) is 19.3. The predicted molar refractivity (Wildman–Crippen MR) is 102 cm³/mol.